The van der Waals surface area contributed by atoms with Crippen LogP contribution in [0, 0.1) is 5.41 Å². The van der Waals surface area contributed by atoms with Crippen LogP contribution in [0.4, 0.5) is 4.79 Å². The fraction of sp³-hybridized carbons (Fsp3) is 0.600. The van der Waals surface area contributed by atoms with Crippen molar-refractivity contribution in [1.29, 1.82) is 0 Å². The van der Waals surface area contributed by atoms with Crippen LogP contribution in [0.3, 0.4) is 0 Å². The number of nitrogens with one attached hydrogen (secondary N) is 1. The van der Waals surface area contributed by atoms with Crippen LogP contribution in [0.25, 0.3) is 0 Å². The molecule has 2 amide bonds. The third-order valence-corrected chi connectivity index (χ3v) is 3.19. The number of amides is 2. The Morgan fingerprint density at radius 2 is 2.36 bits per heavy atom. The van der Waals surface area contributed by atoms with Gasteiger partial charge in [0.15, 0.2) is 0 Å². The maximum atomic E-state index is 10.5. The normalized spacial score (nSPS) is 26.1. The van der Waals surface area contributed by atoms with E-state index in [0.29, 0.717) is 0 Å². The highest BCUT2D eigenvalue weighted by Gasteiger charge is 2.49. The first kappa shape index (κ1) is 9.24. The first-order valence-electron chi connectivity index (χ1n) is 4.95. The summed E-state index contributed by atoms with van der Waals surface area (Å²) in [4.78, 5) is 10.5. The monoisotopic (exact) mass is 193 g/mol. The van der Waals surface area contributed by atoms with E-state index >= 15 is 0 Å². The molecule has 0 radical (unpaired) electrons. The summed E-state index contributed by atoms with van der Waals surface area (Å²) in [6.45, 7) is 2.14. The molecule has 0 aliphatic heterocycles. The summed E-state index contributed by atoms with van der Waals surface area (Å²) in [5, 5.41) is 4.10. The molecule has 2 aliphatic rings. The summed E-state index contributed by atoms with van der Waals surface area (Å²) in [5.41, 5.74) is 9.98. The number of allylic oxidation sites excluding steroid dienone is 2. The molecule has 0 atom stereocenters. The summed E-state index contributed by atoms with van der Waals surface area (Å²) in [6.07, 6.45) is 6.56. The van der Waals surface area contributed by atoms with Gasteiger partial charge in [0.05, 0.1) is 0 Å². The van der Waals surface area contributed by atoms with E-state index in [1.54, 1.807) is 0 Å². The molecule has 0 saturated heterocycles. The van der Waals surface area contributed by atoms with Crippen LogP contribution < -0.4 is 11.2 Å². The lowest BCUT2D eigenvalue weighted by molar-refractivity contribution is 0.249. The molecule has 0 bridgehead atoms. The third-order valence-electron chi connectivity index (χ3n) is 3.19. The van der Waals surface area contributed by atoms with Crippen molar-refractivity contribution in [2.75, 3.05) is 0 Å². The van der Waals surface area contributed by atoms with Crippen LogP contribution in [0.1, 0.15) is 32.6 Å². The van der Waals surface area contributed by atoms with E-state index in [0.717, 1.165) is 31.4 Å². The molecule has 1 spiro atoms. The van der Waals surface area contributed by atoms with Crippen LogP contribution in [-0.2, 0) is 0 Å². The number of carbonyl (C=O) groups excluding carboxylic acids is 1. The van der Waals surface area contributed by atoms with E-state index in [9.17, 15) is 4.79 Å². The molecule has 0 heterocycles. The zero-order valence-corrected chi connectivity index (χ0v) is 8.34. The van der Waals surface area contributed by atoms with Gasteiger partial charge in [0.1, 0.15) is 0 Å². The number of rotatable bonds is 1. The van der Waals surface area contributed by atoms with Crippen molar-refractivity contribution < 1.29 is 4.79 Å². The molecule has 4 heteroatoms. The number of carbonyl (C=O) groups is 1. The van der Waals surface area contributed by atoms with E-state index in [1.165, 1.54) is 5.57 Å². The Balaban J connectivity index is 2.17. The van der Waals surface area contributed by atoms with Gasteiger partial charge in [-0.3, -0.25) is 0 Å². The number of nitrogens with two attached hydrogens (primary N) is 1. The van der Waals surface area contributed by atoms with Gasteiger partial charge in [-0.25, -0.2) is 10.2 Å². The topological polar surface area (TPSA) is 67.5 Å². The number of urea groups is 1. The summed E-state index contributed by atoms with van der Waals surface area (Å²) in [5.74, 6) is 0. The smallest absolute Gasteiger partial charge is 0.332 e. The fourth-order valence-electron chi connectivity index (χ4n) is 2.18. The molecule has 0 aromatic heterocycles. The number of hydrogen-bond acceptors (Lipinski definition) is 2. The fourth-order valence-corrected chi connectivity index (χ4v) is 2.18. The molecule has 0 aromatic rings. The van der Waals surface area contributed by atoms with Crippen LogP contribution >= 0.6 is 0 Å². The van der Waals surface area contributed by atoms with E-state index < -0.39 is 6.03 Å². The van der Waals surface area contributed by atoms with Crippen LogP contribution in [0.15, 0.2) is 16.8 Å². The van der Waals surface area contributed by atoms with Crippen molar-refractivity contribution in [3.8, 4) is 0 Å². The predicted octanol–water partition coefficient (Wildman–Crippen LogP) is 1.53. The molecule has 76 valence electrons. The number of primary amides is 1. The zero-order chi connectivity index (χ0) is 10.2. The lowest BCUT2D eigenvalue weighted by atomic mass is 9.84. The number of hydrazone groups is 1. The van der Waals surface area contributed by atoms with Gasteiger partial charge < -0.3 is 5.73 Å². The van der Waals surface area contributed by atoms with E-state index in [1.807, 2.05) is 0 Å². The minimum atomic E-state index is -0.583. The van der Waals surface area contributed by atoms with Gasteiger partial charge in [-0.05, 0) is 32.6 Å². The van der Waals surface area contributed by atoms with Gasteiger partial charge in [0.25, 0.3) is 0 Å². The highest BCUT2D eigenvalue weighted by atomic mass is 16.2. The number of nitrogens with zero attached hydrogens (tertiary/aromatic N) is 1. The Morgan fingerprint density at radius 3 is 2.93 bits per heavy atom. The number of hydrogen-bond donors (Lipinski definition) is 2. The van der Waals surface area contributed by atoms with Gasteiger partial charge in [-0.1, -0.05) is 11.6 Å². The Bertz CT molecular complexity index is 326. The van der Waals surface area contributed by atoms with E-state index in [2.05, 4.69) is 23.5 Å². The Kier molecular flexibility index (Phi) is 2.06. The largest absolute Gasteiger partial charge is 0.350 e. The van der Waals surface area contributed by atoms with Crippen molar-refractivity contribution in [2.24, 2.45) is 16.3 Å². The molecule has 2 aliphatic carbocycles. The average Bonchev–Trinajstić information content (AvgIpc) is 2.89. The highest BCUT2D eigenvalue weighted by Crippen LogP contribution is 2.55. The van der Waals surface area contributed by atoms with Gasteiger partial charge in [0.2, 0.25) is 0 Å². The Hall–Kier alpha value is -1.32. The quantitative estimate of drug-likeness (QED) is 0.481. The third kappa shape index (κ3) is 1.41. The summed E-state index contributed by atoms with van der Waals surface area (Å²) in [6, 6.07) is -0.583. The maximum absolute atomic E-state index is 10.5. The lowest BCUT2D eigenvalue weighted by Crippen LogP contribution is -2.29. The van der Waals surface area contributed by atoms with Gasteiger partial charge in [0, 0.05) is 11.1 Å². The SMILES string of the molecule is CC1=CCCC(=NNC(N)=O)C12CC2. The lowest BCUT2D eigenvalue weighted by Gasteiger charge is -2.23. The van der Waals surface area contributed by atoms with E-state index in [-0.39, 0.29) is 5.41 Å². The second-order valence-corrected chi connectivity index (χ2v) is 4.04. The minimum absolute atomic E-state index is 0.181. The second kappa shape index (κ2) is 3.12. The Morgan fingerprint density at radius 1 is 1.64 bits per heavy atom. The average molecular weight is 193 g/mol. The van der Waals surface area contributed by atoms with E-state index in [4.69, 9.17) is 5.73 Å². The molecular weight excluding hydrogens is 178 g/mol. The zero-order valence-electron chi connectivity index (χ0n) is 8.34. The van der Waals surface area contributed by atoms with Gasteiger partial charge in [-0.15, -0.1) is 0 Å². The molecule has 14 heavy (non-hydrogen) atoms. The molecule has 3 N–H and O–H groups in total. The van der Waals surface area contributed by atoms with Crippen molar-refractivity contribution >= 4 is 11.7 Å². The Labute approximate surface area is 83.2 Å². The van der Waals surface area contributed by atoms with Crippen LogP contribution in [0.5, 0.6) is 0 Å². The van der Waals surface area contributed by atoms with Crippen LogP contribution in [0.2, 0.25) is 0 Å². The van der Waals surface area contributed by atoms with Gasteiger partial charge >= 0.3 is 6.03 Å². The summed E-state index contributed by atoms with van der Waals surface area (Å²) >= 11 is 0. The van der Waals surface area contributed by atoms with Crippen molar-refractivity contribution in [3.05, 3.63) is 11.6 Å². The van der Waals surface area contributed by atoms with Gasteiger partial charge in [-0.2, -0.15) is 5.10 Å². The summed E-state index contributed by atoms with van der Waals surface area (Å²) in [7, 11) is 0. The summed E-state index contributed by atoms with van der Waals surface area (Å²) < 4.78 is 0. The molecule has 2 rings (SSSR count). The standard InChI is InChI=1S/C10H15N3O/c1-7-3-2-4-8(10(7)5-6-10)12-13-9(11)14/h3H,2,4-6H2,1H3,(H3,11,13,14). The molecular formula is C10H15N3O. The highest BCUT2D eigenvalue weighted by molar-refractivity contribution is 5.96. The first-order valence-corrected chi connectivity index (χ1v) is 4.95. The minimum Gasteiger partial charge on any atom is -0.350 e. The molecule has 0 aromatic carbocycles. The maximum Gasteiger partial charge on any atom is 0.332 e. The molecule has 4 nitrogen and oxygen atoms in total. The van der Waals surface area contributed by atoms with Crippen molar-refractivity contribution in [2.45, 2.75) is 32.6 Å². The molecule has 1 fully saturated rings. The predicted molar refractivity (Wildman–Crippen MR) is 54.8 cm³/mol. The molecule has 1 saturated carbocycles. The first-order chi connectivity index (χ1) is 6.65. The van der Waals surface area contributed by atoms with Crippen molar-refractivity contribution in [1.82, 2.24) is 5.43 Å². The van der Waals surface area contributed by atoms with Crippen LogP contribution in [-0.4, -0.2) is 11.7 Å². The molecule has 0 unspecified atom stereocenters. The van der Waals surface area contributed by atoms with Crippen molar-refractivity contribution in [3.63, 3.8) is 0 Å². The second-order valence-electron chi connectivity index (χ2n) is 4.04.